The Labute approximate surface area is 311 Å². The number of aryl methyl sites for hydroxylation is 1. The number of anilines is 2. The van der Waals surface area contributed by atoms with Gasteiger partial charge in [-0.2, -0.15) is 5.26 Å². The molecule has 13 heteroatoms. The number of rotatable bonds is 6. The topological polar surface area (TPSA) is 167 Å². The number of piperazine rings is 1. The molecule has 54 heavy (non-hydrogen) atoms. The minimum absolute atomic E-state index is 0.0335. The van der Waals surface area contributed by atoms with Crippen LogP contribution in [-0.2, 0) is 26.2 Å². The number of likely N-dealkylation sites (N-methyl/N-ethyl adjacent to an activating group) is 1. The summed E-state index contributed by atoms with van der Waals surface area (Å²) in [6.07, 6.45) is 0.835. The van der Waals surface area contributed by atoms with Gasteiger partial charge in [-0.3, -0.25) is 38.6 Å². The number of aromatic amines is 1. The standard InChI is InChI=1S/C41H39N7O6/c1-5-23-18-26-27(41(2,3)37-35(36(26)51)24-10-9-22(20-42)17-29(24)44-37)19-31(23)46-13-15-47(16-14-46)33(50)21-43-28-8-6-7-25-34(28)40(54)48(38(25)52)30-11-12-32(49)45(4)39(30)53/h6-10,17-19,30,43-44H,5,11-16,21H2,1-4H3. The van der Waals surface area contributed by atoms with Gasteiger partial charge in [0.05, 0.1) is 34.9 Å². The van der Waals surface area contributed by atoms with Gasteiger partial charge < -0.3 is 20.1 Å². The number of hydrogen-bond donors (Lipinski definition) is 2. The number of piperidine rings is 1. The second kappa shape index (κ2) is 12.7. The maximum absolute atomic E-state index is 14.1. The molecule has 1 aromatic heterocycles. The zero-order valence-corrected chi connectivity index (χ0v) is 30.5. The lowest BCUT2D eigenvalue weighted by molar-refractivity contribution is -0.149. The fraction of sp³-hybridized carbons (Fsp3) is 0.341. The lowest BCUT2D eigenvalue weighted by Crippen LogP contribution is -2.54. The summed E-state index contributed by atoms with van der Waals surface area (Å²) in [5.74, 6) is -2.38. The van der Waals surface area contributed by atoms with Gasteiger partial charge in [-0.15, -0.1) is 0 Å². The highest BCUT2D eigenvalue weighted by Crippen LogP contribution is 2.46. The van der Waals surface area contributed by atoms with E-state index in [1.54, 1.807) is 29.2 Å². The van der Waals surface area contributed by atoms with Gasteiger partial charge in [-0.1, -0.05) is 32.9 Å². The number of aromatic nitrogens is 1. The van der Waals surface area contributed by atoms with Crippen molar-refractivity contribution in [3.8, 4) is 6.07 Å². The summed E-state index contributed by atoms with van der Waals surface area (Å²) in [5.41, 5.74) is 6.54. The number of nitrogens with zero attached hydrogens (tertiary/aromatic N) is 5. The molecule has 0 spiro atoms. The van der Waals surface area contributed by atoms with E-state index in [0.29, 0.717) is 48.6 Å². The molecule has 2 fully saturated rings. The monoisotopic (exact) mass is 725 g/mol. The van der Waals surface area contributed by atoms with E-state index >= 15 is 0 Å². The Balaban J connectivity index is 0.967. The van der Waals surface area contributed by atoms with Crippen LogP contribution in [0.5, 0.6) is 0 Å². The fourth-order valence-electron chi connectivity index (χ4n) is 8.51. The number of carbonyl (C=O) groups excluding carboxylic acids is 6. The van der Waals surface area contributed by atoms with Gasteiger partial charge in [0.1, 0.15) is 6.04 Å². The molecule has 4 aromatic rings. The van der Waals surface area contributed by atoms with Crippen LogP contribution >= 0.6 is 0 Å². The summed E-state index contributed by atoms with van der Waals surface area (Å²) in [6, 6.07) is 15.4. The number of amides is 5. The average molecular weight is 726 g/mol. The van der Waals surface area contributed by atoms with Crippen LogP contribution in [0.25, 0.3) is 10.9 Å². The molecule has 5 amide bonds. The Morgan fingerprint density at radius 3 is 2.44 bits per heavy atom. The third-order valence-corrected chi connectivity index (χ3v) is 11.6. The van der Waals surface area contributed by atoms with E-state index in [9.17, 15) is 34.0 Å². The molecular formula is C41H39N7O6. The smallest absolute Gasteiger partial charge is 0.264 e. The molecule has 3 aromatic carbocycles. The number of benzene rings is 3. The molecule has 3 aliphatic heterocycles. The number of fused-ring (bicyclic) bond motifs is 5. The molecule has 1 aliphatic carbocycles. The Morgan fingerprint density at radius 1 is 0.963 bits per heavy atom. The van der Waals surface area contributed by atoms with E-state index in [1.165, 1.54) is 13.1 Å². The first-order valence-electron chi connectivity index (χ1n) is 18.2. The molecule has 0 saturated carbocycles. The molecule has 13 nitrogen and oxygen atoms in total. The van der Waals surface area contributed by atoms with E-state index in [4.69, 9.17) is 0 Å². The van der Waals surface area contributed by atoms with Crippen molar-refractivity contribution in [1.29, 1.82) is 5.26 Å². The van der Waals surface area contributed by atoms with Gasteiger partial charge in [0.15, 0.2) is 5.78 Å². The first kappa shape index (κ1) is 34.8. The lowest BCUT2D eigenvalue weighted by atomic mass is 9.70. The number of H-pyrrole nitrogens is 1. The summed E-state index contributed by atoms with van der Waals surface area (Å²) < 4.78 is 0. The Hall–Kier alpha value is -6.29. The zero-order chi connectivity index (χ0) is 38.2. The molecule has 2 saturated heterocycles. The van der Waals surface area contributed by atoms with Gasteiger partial charge >= 0.3 is 0 Å². The number of nitrogens with one attached hydrogen (secondary N) is 2. The van der Waals surface area contributed by atoms with Crippen molar-refractivity contribution in [1.82, 2.24) is 19.7 Å². The molecule has 1 atom stereocenters. The Kier molecular flexibility index (Phi) is 8.17. The summed E-state index contributed by atoms with van der Waals surface area (Å²) in [6.45, 7) is 8.27. The maximum Gasteiger partial charge on any atom is 0.264 e. The van der Waals surface area contributed by atoms with Gasteiger partial charge in [0.2, 0.25) is 11.8 Å². The predicted molar refractivity (Wildman–Crippen MR) is 199 cm³/mol. The van der Waals surface area contributed by atoms with Crippen molar-refractivity contribution in [2.24, 2.45) is 0 Å². The molecule has 2 N–H and O–H groups in total. The first-order valence-corrected chi connectivity index (χ1v) is 18.2. The average Bonchev–Trinajstić information content (AvgIpc) is 3.70. The van der Waals surface area contributed by atoms with Crippen molar-refractivity contribution in [2.75, 3.05) is 50.0 Å². The minimum Gasteiger partial charge on any atom is -0.375 e. The summed E-state index contributed by atoms with van der Waals surface area (Å²) in [7, 11) is 1.35. The number of carbonyl (C=O) groups is 6. The van der Waals surface area contributed by atoms with Crippen molar-refractivity contribution < 1.29 is 28.8 Å². The lowest BCUT2D eigenvalue weighted by Gasteiger charge is -2.39. The molecule has 274 valence electrons. The van der Waals surface area contributed by atoms with E-state index < -0.39 is 29.2 Å². The van der Waals surface area contributed by atoms with Crippen LogP contribution < -0.4 is 10.2 Å². The number of nitriles is 1. The van der Waals surface area contributed by atoms with Crippen LogP contribution in [0.1, 0.15) is 92.6 Å². The number of hydrogen-bond acceptors (Lipinski definition) is 9. The van der Waals surface area contributed by atoms with Crippen molar-refractivity contribution >= 4 is 57.6 Å². The third kappa shape index (κ3) is 5.19. The fourth-order valence-corrected chi connectivity index (χ4v) is 8.51. The number of ketones is 1. The van der Waals surface area contributed by atoms with Crippen molar-refractivity contribution in [3.63, 3.8) is 0 Å². The van der Waals surface area contributed by atoms with Crippen molar-refractivity contribution in [3.05, 3.63) is 93.2 Å². The van der Waals surface area contributed by atoms with E-state index in [2.05, 4.69) is 48.1 Å². The van der Waals surface area contributed by atoms with E-state index in [1.807, 2.05) is 12.1 Å². The Bertz CT molecular complexity index is 2400. The second-order valence-corrected chi connectivity index (χ2v) is 14.9. The molecule has 8 rings (SSSR count). The molecule has 0 radical (unpaired) electrons. The molecule has 1 unspecified atom stereocenters. The molecular weight excluding hydrogens is 686 g/mol. The van der Waals surface area contributed by atoms with Crippen molar-refractivity contribution in [2.45, 2.75) is 51.5 Å². The molecule has 0 bridgehead atoms. The van der Waals surface area contributed by atoms with Crippen LogP contribution in [0.2, 0.25) is 0 Å². The SMILES string of the molecule is CCc1cc2c(cc1N1CCN(C(=O)CNc3cccc4c3C(=O)N(C3CCC(=O)N(C)C3=O)C4=O)CC1)C(C)(C)c1[nH]c3cc(C#N)ccc3c1C2=O. The number of likely N-dealkylation sites (tertiary alicyclic amines) is 1. The van der Waals surface area contributed by atoms with Crippen LogP contribution in [-0.4, -0.2) is 101 Å². The van der Waals surface area contributed by atoms with Gasteiger partial charge in [-0.25, -0.2) is 0 Å². The molecule has 4 heterocycles. The highest BCUT2D eigenvalue weighted by molar-refractivity contribution is 6.25. The summed E-state index contributed by atoms with van der Waals surface area (Å²) in [4.78, 5) is 88.7. The third-order valence-electron chi connectivity index (χ3n) is 11.6. The van der Waals surface area contributed by atoms with E-state index in [0.717, 1.165) is 49.6 Å². The minimum atomic E-state index is -1.06. The highest BCUT2D eigenvalue weighted by Gasteiger charge is 2.47. The zero-order valence-electron chi connectivity index (χ0n) is 30.5. The van der Waals surface area contributed by atoms with Gasteiger partial charge in [0.25, 0.3) is 17.7 Å². The quantitative estimate of drug-likeness (QED) is 0.280. The van der Waals surface area contributed by atoms with Crippen LogP contribution in [0, 0.1) is 11.3 Å². The normalized spacial score (nSPS) is 19.2. The van der Waals surface area contributed by atoms with Gasteiger partial charge in [0, 0.05) is 78.6 Å². The first-order chi connectivity index (χ1) is 25.8. The number of imide groups is 2. The van der Waals surface area contributed by atoms with Gasteiger partial charge in [-0.05, 0) is 60.4 Å². The largest absolute Gasteiger partial charge is 0.375 e. The van der Waals surface area contributed by atoms with E-state index in [-0.39, 0.29) is 48.1 Å². The summed E-state index contributed by atoms with van der Waals surface area (Å²) in [5, 5.41) is 13.3. The van der Waals surface area contributed by atoms with Crippen LogP contribution in [0.15, 0.2) is 48.5 Å². The highest BCUT2D eigenvalue weighted by atomic mass is 16.2. The van der Waals surface area contributed by atoms with Crippen LogP contribution in [0.3, 0.4) is 0 Å². The summed E-state index contributed by atoms with van der Waals surface area (Å²) >= 11 is 0. The van der Waals surface area contributed by atoms with Crippen LogP contribution in [0.4, 0.5) is 11.4 Å². The predicted octanol–water partition coefficient (Wildman–Crippen LogP) is 3.98. The molecule has 4 aliphatic rings. The second-order valence-electron chi connectivity index (χ2n) is 14.9. The Morgan fingerprint density at radius 2 is 1.72 bits per heavy atom. The maximum atomic E-state index is 14.1.